The van der Waals surface area contributed by atoms with Crippen molar-refractivity contribution in [2.24, 2.45) is 0 Å². The fraction of sp³-hybridized carbons (Fsp3) is 0.333. The summed E-state index contributed by atoms with van der Waals surface area (Å²) in [5.41, 5.74) is 0.0854. The van der Waals surface area contributed by atoms with Gasteiger partial charge in [-0.1, -0.05) is 15.9 Å². The van der Waals surface area contributed by atoms with Crippen LogP contribution >= 0.6 is 27.7 Å². The van der Waals surface area contributed by atoms with Gasteiger partial charge < -0.3 is 10.4 Å². The third kappa shape index (κ3) is 5.20. The smallest absolute Gasteiger partial charge is 0.326 e. The van der Waals surface area contributed by atoms with Crippen molar-refractivity contribution in [1.82, 2.24) is 5.32 Å². The average Bonchev–Trinajstić information content (AvgIpc) is 2.32. The first kappa shape index (κ1) is 16.0. The van der Waals surface area contributed by atoms with Gasteiger partial charge in [-0.25, -0.2) is 9.18 Å². The predicted octanol–water partition coefficient (Wildman–Crippen LogP) is 2.52. The van der Waals surface area contributed by atoms with Crippen LogP contribution in [-0.4, -0.2) is 35.0 Å². The number of carbonyl (C=O) groups excluding carboxylic acids is 1. The summed E-state index contributed by atoms with van der Waals surface area (Å²) in [7, 11) is 0. The average molecular weight is 350 g/mol. The molecule has 1 aromatic rings. The van der Waals surface area contributed by atoms with Gasteiger partial charge in [0.05, 0.1) is 0 Å². The first-order valence-electron chi connectivity index (χ1n) is 5.42. The molecule has 0 aromatic heterocycles. The van der Waals surface area contributed by atoms with Gasteiger partial charge in [0.25, 0.3) is 5.91 Å². The normalized spacial score (nSPS) is 11.9. The molecule has 2 N–H and O–H groups in total. The van der Waals surface area contributed by atoms with Crippen molar-refractivity contribution in [3.05, 3.63) is 34.1 Å². The number of carboxylic acid groups (broad SMARTS) is 1. The van der Waals surface area contributed by atoms with Crippen LogP contribution in [0.1, 0.15) is 16.8 Å². The highest BCUT2D eigenvalue weighted by atomic mass is 79.9. The van der Waals surface area contributed by atoms with E-state index in [4.69, 9.17) is 5.11 Å². The van der Waals surface area contributed by atoms with Gasteiger partial charge in [0.15, 0.2) is 0 Å². The van der Waals surface area contributed by atoms with E-state index in [0.29, 0.717) is 16.6 Å². The number of aliphatic carboxylic acids is 1. The van der Waals surface area contributed by atoms with E-state index in [9.17, 15) is 14.0 Å². The van der Waals surface area contributed by atoms with Gasteiger partial charge in [0.2, 0.25) is 0 Å². The standard InChI is InChI=1S/C12H13BrFNO3S/c1-19-3-2-10(12(17)18)15-11(16)7-4-8(13)6-9(14)5-7/h4-6,10H,2-3H2,1H3,(H,15,16)(H,17,18)/t10-/m1/s1. The second kappa shape index (κ2) is 7.49. The van der Waals surface area contributed by atoms with Crippen LogP contribution in [0, 0.1) is 5.82 Å². The van der Waals surface area contributed by atoms with Gasteiger partial charge in [0.1, 0.15) is 11.9 Å². The van der Waals surface area contributed by atoms with Crippen LogP contribution in [0.25, 0.3) is 0 Å². The zero-order valence-corrected chi connectivity index (χ0v) is 12.6. The zero-order chi connectivity index (χ0) is 14.4. The molecule has 4 nitrogen and oxygen atoms in total. The summed E-state index contributed by atoms with van der Waals surface area (Å²) in [5.74, 6) is -1.65. The lowest BCUT2D eigenvalue weighted by molar-refractivity contribution is -0.139. The van der Waals surface area contributed by atoms with Crippen LogP contribution in [0.5, 0.6) is 0 Å². The molecule has 1 aromatic carbocycles. The fourth-order valence-electron chi connectivity index (χ4n) is 1.42. The Morgan fingerprint density at radius 2 is 2.16 bits per heavy atom. The summed E-state index contributed by atoms with van der Waals surface area (Å²) >= 11 is 4.57. The fourth-order valence-corrected chi connectivity index (χ4v) is 2.36. The van der Waals surface area contributed by atoms with Gasteiger partial charge >= 0.3 is 5.97 Å². The highest BCUT2D eigenvalue weighted by Crippen LogP contribution is 2.15. The zero-order valence-electron chi connectivity index (χ0n) is 10.2. The van der Waals surface area contributed by atoms with Gasteiger partial charge in [-0.2, -0.15) is 11.8 Å². The quantitative estimate of drug-likeness (QED) is 0.828. The molecular formula is C12H13BrFNO3S. The van der Waals surface area contributed by atoms with E-state index in [0.717, 1.165) is 6.07 Å². The minimum Gasteiger partial charge on any atom is -0.480 e. The van der Waals surface area contributed by atoms with Crippen LogP contribution in [-0.2, 0) is 4.79 Å². The summed E-state index contributed by atoms with van der Waals surface area (Å²) < 4.78 is 13.6. The molecule has 7 heteroatoms. The number of nitrogens with one attached hydrogen (secondary N) is 1. The van der Waals surface area contributed by atoms with Gasteiger partial charge in [0, 0.05) is 10.0 Å². The summed E-state index contributed by atoms with van der Waals surface area (Å²) in [6, 6.07) is 2.75. The van der Waals surface area contributed by atoms with E-state index in [1.165, 1.54) is 23.9 Å². The number of thioether (sulfide) groups is 1. The molecule has 104 valence electrons. The SMILES string of the molecule is CSCC[C@@H](NC(=O)c1cc(F)cc(Br)c1)C(=O)O. The molecule has 0 saturated heterocycles. The van der Waals surface area contributed by atoms with Crippen molar-refractivity contribution in [3.63, 3.8) is 0 Å². The molecule has 0 heterocycles. The number of amides is 1. The minimum absolute atomic E-state index is 0.0854. The van der Waals surface area contributed by atoms with Gasteiger partial charge in [-0.15, -0.1) is 0 Å². The van der Waals surface area contributed by atoms with Crippen molar-refractivity contribution in [1.29, 1.82) is 0 Å². The first-order chi connectivity index (χ1) is 8.93. The van der Waals surface area contributed by atoms with E-state index in [-0.39, 0.29) is 5.56 Å². The van der Waals surface area contributed by atoms with E-state index in [1.807, 2.05) is 6.26 Å². The van der Waals surface area contributed by atoms with Crippen LogP contribution in [0.4, 0.5) is 4.39 Å². The maximum atomic E-state index is 13.2. The molecule has 0 aliphatic rings. The van der Waals surface area contributed by atoms with Crippen LogP contribution < -0.4 is 5.32 Å². The molecule has 0 bridgehead atoms. The molecule has 0 aliphatic heterocycles. The Morgan fingerprint density at radius 1 is 1.47 bits per heavy atom. The Balaban J connectivity index is 2.78. The lowest BCUT2D eigenvalue weighted by Crippen LogP contribution is -2.41. The third-order valence-electron chi connectivity index (χ3n) is 2.34. The number of rotatable bonds is 6. The molecule has 0 radical (unpaired) electrons. The van der Waals surface area contributed by atoms with Crippen molar-refractivity contribution in [3.8, 4) is 0 Å². The predicted molar refractivity (Wildman–Crippen MR) is 76.0 cm³/mol. The molecule has 0 saturated carbocycles. The van der Waals surface area contributed by atoms with Crippen molar-refractivity contribution in [2.75, 3.05) is 12.0 Å². The molecular weight excluding hydrogens is 337 g/mol. The number of carbonyl (C=O) groups is 2. The summed E-state index contributed by atoms with van der Waals surface area (Å²) in [5, 5.41) is 11.4. The number of benzene rings is 1. The van der Waals surface area contributed by atoms with Crippen molar-refractivity contribution in [2.45, 2.75) is 12.5 Å². The Bertz CT molecular complexity index is 464. The highest BCUT2D eigenvalue weighted by molar-refractivity contribution is 9.10. The molecule has 1 atom stereocenters. The summed E-state index contributed by atoms with van der Waals surface area (Å²) in [4.78, 5) is 22.9. The number of halogens is 2. The Labute approximate surface area is 122 Å². The number of carboxylic acids is 1. The molecule has 1 rings (SSSR count). The van der Waals surface area contributed by atoms with E-state index in [2.05, 4.69) is 21.2 Å². The summed E-state index contributed by atoms with van der Waals surface area (Å²) in [6.07, 6.45) is 2.17. The molecule has 1 amide bonds. The number of hydrogen-bond donors (Lipinski definition) is 2. The van der Waals surface area contributed by atoms with Gasteiger partial charge in [-0.3, -0.25) is 4.79 Å². The van der Waals surface area contributed by atoms with E-state index < -0.39 is 23.7 Å². The lowest BCUT2D eigenvalue weighted by Gasteiger charge is -2.14. The van der Waals surface area contributed by atoms with E-state index >= 15 is 0 Å². The maximum Gasteiger partial charge on any atom is 0.326 e. The summed E-state index contributed by atoms with van der Waals surface area (Å²) in [6.45, 7) is 0. The molecule has 0 aliphatic carbocycles. The largest absolute Gasteiger partial charge is 0.480 e. The molecule has 0 spiro atoms. The van der Waals surface area contributed by atoms with Crippen molar-refractivity contribution < 1.29 is 19.1 Å². The van der Waals surface area contributed by atoms with Crippen molar-refractivity contribution >= 4 is 39.6 Å². The Hall–Kier alpha value is -1.08. The minimum atomic E-state index is -1.10. The third-order valence-corrected chi connectivity index (χ3v) is 3.44. The monoisotopic (exact) mass is 349 g/mol. The molecule has 0 fully saturated rings. The Kier molecular flexibility index (Phi) is 6.30. The first-order valence-corrected chi connectivity index (χ1v) is 7.61. The Morgan fingerprint density at radius 3 is 2.68 bits per heavy atom. The lowest BCUT2D eigenvalue weighted by atomic mass is 10.1. The number of hydrogen-bond acceptors (Lipinski definition) is 3. The second-order valence-electron chi connectivity index (χ2n) is 3.80. The molecule has 19 heavy (non-hydrogen) atoms. The van der Waals surface area contributed by atoms with Crippen LogP contribution in [0.3, 0.4) is 0 Å². The van der Waals surface area contributed by atoms with Gasteiger partial charge in [-0.05, 0) is 36.6 Å². The van der Waals surface area contributed by atoms with Crippen LogP contribution in [0.2, 0.25) is 0 Å². The molecule has 0 unspecified atom stereocenters. The van der Waals surface area contributed by atoms with E-state index in [1.54, 1.807) is 0 Å². The van der Waals surface area contributed by atoms with Crippen LogP contribution in [0.15, 0.2) is 22.7 Å². The maximum absolute atomic E-state index is 13.2. The highest BCUT2D eigenvalue weighted by Gasteiger charge is 2.20. The second-order valence-corrected chi connectivity index (χ2v) is 5.71. The topological polar surface area (TPSA) is 66.4 Å².